The Labute approximate surface area is 307 Å². The van der Waals surface area contributed by atoms with E-state index in [0.717, 1.165) is 0 Å². The SMILES string of the molecule is CCCCCC[N+](CCCCCC)(CCCCCC)CCCCCCCCCC[N+](CCCCCC)(CCCCCC)CCCCCC. The molecule has 0 radical (unpaired) electrons. The summed E-state index contributed by atoms with van der Waals surface area (Å²) in [5.74, 6) is 0. The third kappa shape index (κ3) is 28.6. The maximum Gasteiger partial charge on any atom is 0.0786 e. The van der Waals surface area contributed by atoms with Crippen molar-refractivity contribution >= 4 is 0 Å². The van der Waals surface area contributed by atoms with Crippen LogP contribution in [0.4, 0.5) is 0 Å². The van der Waals surface area contributed by atoms with Crippen molar-refractivity contribution in [3.8, 4) is 0 Å². The van der Waals surface area contributed by atoms with E-state index in [1.54, 1.807) is 0 Å². The molecule has 0 N–H and O–H groups in total. The van der Waals surface area contributed by atoms with Crippen molar-refractivity contribution in [2.75, 3.05) is 52.4 Å². The van der Waals surface area contributed by atoms with Gasteiger partial charge in [-0.1, -0.05) is 144 Å². The Hall–Kier alpha value is -0.0800. The van der Waals surface area contributed by atoms with E-state index < -0.39 is 0 Å². The summed E-state index contributed by atoms with van der Waals surface area (Å²) in [4.78, 5) is 0. The van der Waals surface area contributed by atoms with Gasteiger partial charge in [-0.25, -0.2) is 0 Å². The topological polar surface area (TPSA) is 0 Å². The molecule has 0 aromatic carbocycles. The van der Waals surface area contributed by atoms with Gasteiger partial charge in [-0.15, -0.1) is 0 Å². The first-order valence-corrected chi connectivity index (χ1v) is 23.3. The third-order valence-electron chi connectivity index (χ3n) is 11.9. The van der Waals surface area contributed by atoms with Crippen LogP contribution in [0.25, 0.3) is 0 Å². The Morgan fingerprint density at radius 3 is 0.438 bits per heavy atom. The summed E-state index contributed by atoms with van der Waals surface area (Å²) in [5, 5.41) is 0. The van der Waals surface area contributed by atoms with E-state index in [1.807, 2.05) is 0 Å². The van der Waals surface area contributed by atoms with Crippen molar-refractivity contribution in [2.24, 2.45) is 0 Å². The zero-order chi connectivity index (χ0) is 35.3. The summed E-state index contributed by atoms with van der Waals surface area (Å²) in [7, 11) is 0. The number of hydrogen-bond donors (Lipinski definition) is 0. The average molecular weight is 679 g/mol. The van der Waals surface area contributed by atoms with Crippen LogP contribution in [0, 0.1) is 0 Å². The Morgan fingerprint density at radius 2 is 0.292 bits per heavy atom. The summed E-state index contributed by atoms with van der Waals surface area (Å²) in [6.45, 7) is 25.9. The molecule has 290 valence electrons. The predicted molar refractivity (Wildman–Crippen MR) is 221 cm³/mol. The summed E-state index contributed by atoms with van der Waals surface area (Å²) < 4.78 is 2.93. The van der Waals surface area contributed by atoms with Gasteiger partial charge >= 0.3 is 0 Å². The van der Waals surface area contributed by atoms with E-state index in [4.69, 9.17) is 0 Å². The lowest BCUT2D eigenvalue weighted by Gasteiger charge is -2.40. The van der Waals surface area contributed by atoms with Crippen LogP contribution in [0.1, 0.15) is 247 Å². The second kappa shape index (κ2) is 36.7. The molecule has 0 unspecified atom stereocenters. The van der Waals surface area contributed by atoms with Gasteiger partial charge < -0.3 is 8.97 Å². The smallest absolute Gasteiger partial charge is 0.0786 e. The van der Waals surface area contributed by atoms with E-state index in [1.165, 1.54) is 267 Å². The van der Waals surface area contributed by atoms with Crippen molar-refractivity contribution in [2.45, 2.75) is 247 Å². The summed E-state index contributed by atoms with van der Waals surface area (Å²) in [5.41, 5.74) is 0. The van der Waals surface area contributed by atoms with Crippen molar-refractivity contribution < 1.29 is 8.97 Å². The molecule has 0 fully saturated rings. The molecule has 0 heterocycles. The zero-order valence-corrected chi connectivity index (χ0v) is 35.2. The molecule has 0 aliphatic carbocycles. The lowest BCUT2D eigenvalue weighted by molar-refractivity contribution is -0.929. The van der Waals surface area contributed by atoms with Crippen LogP contribution in [0.2, 0.25) is 0 Å². The molecule has 48 heavy (non-hydrogen) atoms. The molecule has 0 saturated carbocycles. The Bertz CT molecular complexity index is 486. The van der Waals surface area contributed by atoms with Gasteiger partial charge in [0.2, 0.25) is 0 Å². The minimum atomic E-state index is 1.37. The lowest BCUT2D eigenvalue weighted by Crippen LogP contribution is -2.50. The van der Waals surface area contributed by atoms with Gasteiger partial charge in [0.05, 0.1) is 52.4 Å². The Balaban J connectivity index is 4.80. The molecular formula is C46H98N2+2. The molecule has 0 amide bonds. The van der Waals surface area contributed by atoms with E-state index in [2.05, 4.69) is 41.5 Å². The molecule has 0 aliphatic rings. The number of quaternary nitrogens is 2. The largest absolute Gasteiger partial charge is 0.324 e. The second-order valence-electron chi connectivity index (χ2n) is 16.7. The van der Waals surface area contributed by atoms with Crippen LogP contribution in [-0.2, 0) is 0 Å². The molecule has 0 bridgehead atoms. The minimum Gasteiger partial charge on any atom is -0.324 e. The number of hydrogen-bond acceptors (Lipinski definition) is 0. The highest BCUT2D eigenvalue weighted by Crippen LogP contribution is 2.22. The van der Waals surface area contributed by atoms with E-state index in [-0.39, 0.29) is 0 Å². The number of nitrogens with zero attached hydrogens (tertiary/aromatic N) is 2. The van der Waals surface area contributed by atoms with Gasteiger partial charge in [0.25, 0.3) is 0 Å². The van der Waals surface area contributed by atoms with E-state index in [0.29, 0.717) is 0 Å². The molecule has 0 aromatic heterocycles. The van der Waals surface area contributed by atoms with Gasteiger partial charge in [-0.3, -0.25) is 0 Å². The van der Waals surface area contributed by atoms with Gasteiger partial charge in [0.15, 0.2) is 0 Å². The van der Waals surface area contributed by atoms with Gasteiger partial charge in [-0.05, 0) is 103 Å². The standard InChI is InChI=1S/C46H98N2/c1-7-13-19-31-39-47(40-32-20-14-8-2,41-33-21-15-9-3)45-37-29-27-25-26-28-30-38-46-48(42-34-22-16-10-4,43-35-23-17-11-5)44-36-24-18-12-6/h7-46H2,1-6H3/q+2. The van der Waals surface area contributed by atoms with Crippen LogP contribution in [0.3, 0.4) is 0 Å². The predicted octanol–water partition coefficient (Wildman–Crippen LogP) is 15.2. The maximum absolute atomic E-state index is 2.37. The first-order valence-electron chi connectivity index (χ1n) is 23.3. The van der Waals surface area contributed by atoms with Gasteiger partial charge in [-0.2, -0.15) is 0 Å². The highest BCUT2D eigenvalue weighted by atomic mass is 15.4. The normalized spacial score (nSPS) is 12.4. The monoisotopic (exact) mass is 679 g/mol. The summed E-state index contributed by atoms with van der Waals surface area (Å²) in [6, 6.07) is 0. The molecular weight excluding hydrogens is 581 g/mol. The second-order valence-corrected chi connectivity index (χ2v) is 16.7. The van der Waals surface area contributed by atoms with E-state index in [9.17, 15) is 0 Å². The fourth-order valence-corrected chi connectivity index (χ4v) is 8.54. The summed E-state index contributed by atoms with van der Waals surface area (Å²) >= 11 is 0. The van der Waals surface area contributed by atoms with Crippen LogP contribution < -0.4 is 0 Å². The van der Waals surface area contributed by atoms with Crippen molar-refractivity contribution in [3.05, 3.63) is 0 Å². The first kappa shape index (κ1) is 47.9. The van der Waals surface area contributed by atoms with Crippen LogP contribution in [-0.4, -0.2) is 61.3 Å². The fraction of sp³-hybridized carbons (Fsp3) is 1.00. The third-order valence-corrected chi connectivity index (χ3v) is 11.9. The number of unbranched alkanes of at least 4 members (excludes halogenated alkanes) is 25. The summed E-state index contributed by atoms with van der Waals surface area (Å²) in [6.07, 6.45) is 46.1. The average Bonchev–Trinajstić information content (AvgIpc) is 3.10. The van der Waals surface area contributed by atoms with Crippen LogP contribution >= 0.6 is 0 Å². The molecule has 0 spiro atoms. The number of rotatable bonds is 41. The maximum atomic E-state index is 2.37. The van der Waals surface area contributed by atoms with Gasteiger partial charge in [0.1, 0.15) is 0 Å². The molecule has 2 heteroatoms. The van der Waals surface area contributed by atoms with Crippen molar-refractivity contribution in [1.29, 1.82) is 0 Å². The molecule has 2 nitrogen and oxygen atoms in total. The van der Waals surface area contributed by atoms with E-state index >= 15 is 0 Å². The first-order chi connectivity index (χ1) is 23.6. The highest BCUT2D eigenvalue weighted by Gasteiger charge is 2.27. The van der Waals surface area contributed by atoms with Crippen LogP contribution in [0.15, 0.2) is 0 Å². The Morgan fingerprint density at radius 1 is 0.167 bits per heavy atom. The molecule has 0 saturated heterocycles. The highest BCUT2D eigenvalue weighted by molar-refractivity contribution is 4.56. The molecule has 0 atom stereocenters. The molecule has 0 aromatic rings. The quantitative estimate of drug-likeness (QED) is 0.0446. The molecule has 0 aliphatic heterocycles. The zero-order valence-electron chi connectivity index (χ0n) is 35.2. The fourth-order valence-electron chi connectivity index (χ4n) is 8.54. The van der Waals surface area contributed by atoms with Gasteiger partial charge in [0, 0.05) is 0 Å². The van der Waals surface area contributed by atoms with Crippen molar-refractivity contribution in [1.82, 2.24) is 0 Å². The Kier molecular flexibility index (Phi) is 36.6. The molecule has 0 rings (SSSR count). The van der Waals surface area contributed by atoms with Crippen molar-refractivity contribution in [3.63, 3.8) is 0 Å². The minimum absolute atomic E-state index is 1.37. The lowest BCUT2D eigenvalue weighted by atomic mass is 10.0. The van der Waals surface area contributed by atoms with Crippen LogP contribution in [0.5, 0.6) is 0 Å².